The number of ether oxygens (including phenoxy) is 1. The maximum absolute atomic E-state index is 11.0. The Morgan fingerprint density at radius 2 is 2.30 bits per heavy atom. The number of ketones is 1. The van der Waals surface area contributed by atoms with E-state index in [1.54, 1.807) is 0 Å². The summed E-state index contributed by atoms with van der Waals surface area (Å²) < 4.78 is 5.36. The lowest BCUT2D eigenvalue weighted by Gasteiger charge is -2.08. The first-order valence-corrected chi connectivity index (χ1v) is 4.02. The van der Waals surface area contributed by atoms with E-state index < -0.39 is 0 Å². The second-order valence-corrected chi connectivity index (χ2v) is 3.75. The maximum Gasteiger partial charge on any atom is 0.133 e. The molecule has 2 aliphatic carbocycles. The summed E-state index contributed by atoms with van der Waals surface area (Å²) in [5.41, 5.74) is 0. The molecule has 0 amide bonds. The Morgan fingerprint density at radius 3 is 3.10 bits per heavy atom. The Hall–Kier alpha value is -0.370. The zero-order valence-corrected chi connectivity index (χ0v) is 5.75. The Morgan fingerprint density at radius 1 is 1.40 bits per heavy atom. The molecular weight excluding hydrogens is 128 g/mol. The van der Waals surface area contributed by atoms with E-state index in [4.69, 9.17) is 4.74 Å². The SMILES string of the molecule is O=C1CC2C[C@H]3O[C@H]3C2C1. The molecular formula is C8H10O2. The highest BCUT2D eigenvalue weighted by Gasteiger charge is 2.58. The lowest BCUT2D eigenvalue weighted by molar-refractivity contribution is -0.117. The first-order valence-electron chi connectivity index (χ1n) is 4.02. The van der Waals surface area contributed by atoms with Crippen LogP contribution in [0.5, 0.6) is 0 Å². The average Bonchev–Trinajstić information content (AvgIpc) is 2.40. The average molecular weight is 138 g/mol. The van der Waals surface area contributed by atoms with Gasteiger partial charge < -0.3 is 4.74 Å². The highest BCUT2D eigenvalue weighted by molar-refractivity contribution is 5.81. The Labute approximate surface area is 59.6 Å². The second-order valence-electron chi connectivity index (χ2n) is 3.75. The minimum atomic E-state index is 0.462. The molecule has 2 unspecified atom stereocenters. The topological polar surface area (TPSA) is 29.6 Å². The van der Waals surface area contributed by atoms with E-state index in [1.165, 1.54) is 6.42 Å². The van der Waals surface area contributed by atoms with Crippen LogP contribution in [0.2, 0.25) is 0 Å². The summed E-state index contributed by atoms with van der Waals surface area (Å²) in [5.74, 6) is 1.79. The summed E-state index contributed by atoms with van der Waals surface area (Å²) in [5, 5.41) is 0. The number of Topliss-reactive ketones (excluding diaryl/α,β-unsaturated/α-hetero) is 1. The summed E-state index contributed by atoms with van der Waals surface area (Å²) in [6.07, 6.45) is 3.88. The second kappa shape index (κ2) is 1.45. The van der Waals surface area contributed by atoms with E-state index >= 15 is 0 Å². The van der Waals surface area contributed by atoms with Crippen LogP contribution in [-0.4, -0.2) is 18.0 Å². The van der Waals surface area contributed by atoms with Crippen molar-refractivity contribution in [2.24, 2.45) is 11.8 Å². The van der Waals surface area contributed by atoms with Crippen LogP contribution < -0.4 is 0 Å². The highest BCUT2D eigenvalue weighted by Crippen LogP contribution is 2.52. The molecule has 1 heterocycles. The molecule has 4 atom stereocenters. The Kier molecular flexibility index (Phi) is 0.768. The van der Waals surface area contributed by atoms with Gasteiger partial charge in [-0.25, -0.2) is 0 Å². The summed E-state index contributed by atoms with van der Waals surface area (Å²) in [6, 6.07) is 0. The van der Waals surface area contributed by atoms with Gasteiger partial charge in [0.25, 0.3) is 0 Å². The van der Waals surface area contributed by atoms with Gasteiger partial charge in [0.2, 0.25) is 0 Å². The molecule has 1 aliphatic heterocycles. The maximum atomic E-state index is 11.0. The van der Waals surface area contributed by atoms with Gasteiger partial charge in [-0.2, -0.15) is 0 Å². The van der Waals surface area contributed by atoms with Gasteiger partial charge in [0.05, 0.1) is 12.2 Å². The molecule has 0 bridgehead atoms. The molecule has 0 aromatic rings. The van der Waals surface area contributed by atoms with Gasteiger partial charge in [0.1, 0.15) is 5.78 Å². The van der Waals surface area contributed by atoms with E-state index in [1.807, 2.05) is 0 Å². The molecule has 54 valence electrons. The first kappa shape index (κ1) is 5.30. The van der Waals surface area contributed by atoms with E-state index in [2.05, 4.69) is 0 Å². The normalized spacial score (nSPS) is 56.6. The molecule has 3 rings (SSSR count). The molecule has 2 nitrogen and oxygen atoms in total. The van der Waals surface area contributed by atoms with Gasteiger partial charge >= 0.3 is 0 Å². The third-order valence-electron chi connectivity index (χ3n) is 3.14. The van der Waals surface area contributed by atoms with Crippen molar-refractivity contribution in [3.63, 3.8) is 0 Å². The molecule has 3 aliphatic rings. The van der Waals surface area contributed by atoms with E-state index in [0.717, 1.165) is 12.8 Å². The minimum Gasteiger partial charge on any atom is -0.369 e. The van der Waals surface area contributed by atoms with Crippen LogP contribution in [0.25, 0.3) is 0 Å². The van der Waals surface area contributed by atoms with E-state index in [9.17, 15) is 4.79 Å². The van der Waals surface area contributed by atoms with Crippen LogP contribution in [0.1, 0.15) is 19.3 Å². The number of rotatable bonds is 0. The molecule has 2 heteroatoms. The molecule has 0 spiro atoms. The van der Waals surface area contributed by atoms with Gasteiger partial charge in [-0.15, -0.1) is 0 Å². The molecule has 0 radical (unpaired) electrons. The number of fused-ring (bicyclic) bond motifs is 3. The van der Waals surface area contributed by atoms with Crippen molar-refractivity contribution in [3.8, 4) is 0 Å². The van der Waals surface area contributed by atoms with E-state index in [0.29, 0.717) is 29.8 Å². The van der Waals surface area contributed by atoms with Crippen molar-refractivity contribution in [2.45, 2.75) is 31.5 Å². The van der Waals surface area contributed by atoms with Crippen LogP contribution in [0.3, 0.4) is 0 Å². The third kappa shape index (κ3) is 0.511. The number of hydrogen-bond acceptors (Lipinski definition) is 2. The molecule has 0 aromatic carbocycles. The standard InChI is InChI=1S/C8H10O2/c9-5-1-4-2-7-8(10-7)6(4)3-5/h4,6-8H,1-3H2/t4?,6?,7-,8+/m1/s1. The summed E-state index contributed by atoms with van der Waals surface area (Å²) in [7, 11) is 0. The molecule has 3 fully saturated rings. The largest absolute Gasteiger partial charge is 0.369 e. The fraction of sp³-hybridized carbons (Fsp3) is 0.875. The highest BCUT2D eigenvalue weighted by atomic mass is 16.6. The zero-order chi connectivity index (χ0) is 6.72. The van der Waals surface area contributed by atoms with Crippen molar-refractivity contribution >= 4 is 5.78 Å². The van der Waals surface area contributed by atoms with Gasteiger partial charge in [-0.05, 0) is 18.3 Å². The Bertz CT molecular complexity index is 199. The molecule has 0 N–H and O–H groups in total. The number of hydrogen-bond donors (Lipinski definition) is 0. The summed E-state index contributed by atoms with van der Waals surface area (Å²) in [6.45, 7) is 0. The molecule has 10 heavy (non-hydrogen) atoms. The predicted octanol–water partition coefficient (Wildman–Crippen LogP) is 0.753. The number of carbonyl (C=O) groups is 1. The van der Waals surface area contributed by atoms with Crippen LogP contribution >= 0.6 is 0 Å². The van der Waals surface area contributed by atoms with Crippen molar-refractivity contribution in [1.82, 2.24) is 0 Å². The van der Waals surface area contributed by atoms with Crippen LogP contribution in [0.15, 0.2) is 0 Å². The van der Waals surface area contributed by atoms with Crippen molar-refractivity contribution in [1.29, 1.82) is 0 Å². The lowest BCUT2D eigenvalue weighted by atomic mass is 10.00. The molecule has 0 aromatic heterocycles. The first-order chi connectivity index (χ1) is 4.84. The van der Waals surface area contributed by atoms with Gasteiger partial charge in [-0.3, -0.25) is 4.79 Å². The van der Waals surface area contributed by atoms with Crippen molar-refractivity contribution in [2.75, 3.05) is 0 Å². The third-order valence-corrected chi connectivity index (χ3v) is 3.14. The molecule has 2 saturated carbocycles. The smallest absolute Gasteiger partial charge is 0.133 e. The summed E-state index contributed by atoms with van der Waals surface area (Å²) in [4.78, 5) is 11.0. The van der Waals surface area contributed by atoms with Crippen molar-refractivity contribution < 1.29 is 9.53 Å². The summed E-state index contributed by atoms with van der Waals surface area (Å²) >= 11 is 0. The predicted molar refractivity (Wildman–Crippen MR) is 34.5 cm³/mol. The van der Waals surface area contributed by atoms with Crippen LogP contribution in [-0.2, 0) is 9.53 Å². The van der Waals surface area contributed by atoms with E-state index in [-0.39, 0.29) is 0 Å². The number of epoxide rings is 1. The minimum absolute atomic E-state index is 0.462. The quantitative estimate of drug-likeness (QED) is 0.462. The van der Waals surface area contributed by atoms with Crippen LogP contribution in [0.4, 0.5) is 0 Å². The zero-order valence-electron chi connectivity index (χ0n) is 5.75. The van der Waals surface area contributed by atoms with Crippen LogP contribution in [0, 0.1) is 11.8 Å². The lowest BCUT2D eigenvalue weighted by Crippen LogP contribution is -2.06. The van der Waals surface area contributed by atoms with Gasteiger partial charge in [-0.1, -0.05) is 0 Å². The van der Waals surface area contributed by atoms with Gasteiger partial charge in [0, 0.05) is 12.8 Å². The fourth-order valence-electron chi connectivity index (χ4n) is 2.62. The van der Waals surface area contributed by atoms with Crippen molar-refractivity contribution in [3.05, 3.63) is 0 Å². The number of carbonyl (C=O) groups excluding carboxylic acids is 1. The Balaban J connectivity index is 1.88. The fourth-order valence-corrected chi connectivity index (χ4v) is 2.62. The molecule has 1 saturated heterocycles. The monoisotopic (exact) mass is 138 g/mol. The van der Waals surface area contributed by atoms with Gasteiger partial charge in [0.15, 0.2) is 0 Å².